The van der Waals surface area contributed by atoms with E-state index in [1.807, 2.05) is 0 Å². The Kier molecular flexibility index (Phi) is 3.95. The molecular weight excluding hydrogens is 261 g/mol. The molecule has 5 heteroatoms. The van der Waals surface area contributed by atoms with Crippen LogP contribution in [0.2, 0.25) is 0 Å². The summed E-state index contributed by atoms with van der Waals surface area (Å²) in [7, 11) is 0. The fourth-order valence-electron chi connectivity index (χ4n) is 0.911. The van der Waals surface area contributed by atoms with Gasteiger partial charge in [-0.3, -0.25) is 0 Å². The fraction of sp³-hybridized carbons (Fsp3) is 0.333. The van der Waals surface area contributed by atoms with E-state index in [-0.39, 0.29) is 6.61 Å². The first-order chi connectivity index (χ1) is 6.47. The third-order valence-electron chi connectivity index (χ3n) is 1.42. The van der Waals surface area contributed by atoms with Crippen LogP contribution in [-0.2, 0) is 11.3 Å². The molecule has 0 aromatic heterocycles. The van der Waals surface area contributed by atoms with Gasteiger partial charge < -0.3 is 4.74 Å². The highest BCUT2D eigenvalue weighted by Gasteiger charge is 2.27. The van der Waals surface area contributed by atoms with Gasteiger partial charge in [0, 0.05) is 4.47 Å². The van der Waals surface area contributed by atoms with Crippen molar-refractivity contribution in [3.63, 3.8) is 0 Å². The molecule has 0 saturated carbocycles. The van der Waals surface area contributed by atoms with Gasteiger partial charge in [0.2, 0.25) is 0 Å². The smallest absolute Gasteiger partial charge is 0.367 e. The van der Waals surface area contributed by atoms with Crippen molar-refractivity contribution in [3.05, 3.63) is 34.3 Å². The zero-order chi connectivity index (χ0) is 10.6. The van der Waals surface area contributed by atoms with Crippen LogP contribution in [0.3, 0.4) is 0 Å². The molecular formula is C9H8BrF3O. The predicted molar refractivity (Wildman–Crippen MR) is 49.9 cm³/mol. The summed E-state index contributed by atoms with van der Waals surface area (Å²) in [6.07, 6.45) is -4.26. The SMILES string of the molecule is FC(F)(F)COCc1cccc(Br)c1. The Morgan fingerprint density at radius 3 is 2.57 bits per heavy atom. The van der Waals surface area contributed by atoms with Gasteiger partial charge in [-0.1, -0.05) is 28.1 Å². The molecule has 0 radical (unpaired) electrons. The van der Waals surface area contributed by atoms with Crippen LogP contribution < -0.4 is 0 Å². The average molecular weight is 269 g/mol. The molecule has 0 heterocycles. The molecule has 0 N–H and O–H groups in total. The van der Waals surface area contributed by atoms with E-state index < -0.39 is 12.8 Å². The predicted octanol–water partition coefficient (Wildman–Crippen LogP) is 3.53. The molecule has 0 atom stereocenters. The zero-order valence-corrected chi connectivity index (χ0v) is 8.73. The lowest BCUT2D eigenvalue weighted by atomic mass is 10.2. The average Bonchev–Trinajstić information content (AvgIpc) is 2.01. The lowest BCUT2D eigenvalue weighted by molar-refractivity contribution is -0.176. The molecule has 14 heavy (non-hydrogen) atoms. The van der Waals surface area contributed by atoms with E-state index in [1.165, 1.54) is 0 Å². The van der Waals surface area contributed by atoms with Crippen LogP contribution in [-0.4, -0.2) is 12.8 Å². The lowest BCUT2D eigenvalue weighted by Gasteiger charge is -2.07. The lowest BCUT2D eigenvalue weighted by Crippen LogP contribution is -2.16. The third-order valence-corrected chi connectivity index (χ3v) is 1.92. The molecule has 0 aliphatic rings. The molecule has 0 fully saturated rings. The molecule has 0 bridgehead atoms. The first kappa shape index (κ1) is 11.5. The number of ether oxygens (including phenoxy) is 1. The van der Waals surface area contributed by atoms with Gasteiger partial charge in [0.15, 0.2) is 0 Å². The Bertz CT molecular complexity index is 298. The molecule has 1 aromatic rings. The Morgan fingerprint density at radius 2 is 2.00 bits per heavy atom. The van der Waals surface area contributed by atoms with Crippen LogP contribution in [0.1, 0.15) is 5.56 Å². The molecule has 1 aromatic carbocycles. The first-order valence-corrected chi connectivity index (χ1v) is 4.65. The minimum absolute atomic E-state index is 0.0288. The number of alkyl halides is 3. The number of hydrogen-bond acceptors (Lipinski definition) is 1. The second-order valence-corrected chi connectivity index (χ2v) is 3.65. The standard InChI is InChI=1S/C9H8BrF3O/c10-8-3-1-2-7(4-8)5-14-6-9(11,12)13/h1-4H,5-6H2. The minimum atomic E-state index is -4.26. The largest absolute Gasteiger partial charge is 0.411 e. The summed E-state index contributed by atoms with van der Waals surface area (Å²) in [4.78, 5) is 0. The molecule has 1 nitrogen and oxygen atoms in total. The van der Waals surface area contributed by atoms with E-state index in [0.29, 0.717) is 5.56 Å². The molecule has 78 valence electrons. The van der Waals surface area contributed by atoms with E-state index in [9.17, 15) is 13.2 Å². The maximum Gasteiger partial charge on any atom is 0.411 e. The Labute approximate surface area is 88.0 Å². The second kappa shape index (κ2) is 4.79. The van der Waals surface area contributed by atoms with Crippen molar-refractivity contribution in [1.29, 1.82) is 0 Å². The van der Waals surface area contributed by atoms with Crippen molar-refractivity contribution in [1.82, 2.24) is 0 Å². The highest BCUT2D eigenvalue weighted by molar-refractivity contribution is 9.10. The van der Waals surface area contributed by atoms with Gasteiger partial charge in [-0.2, -0.15) is 13.2 Å². The maximum atomic E-state index is 11.7. The van der Waals surface area contributed by atoms with Crippen LogP contribution >= 0.6 is 15.9 Å². The number of halogens is 4. The summed E-state index contributed by atoms with van der Waals surface area (Å²) in [5, 5.41) is 0. The molecule has 1 rings (SSSR count). The number of benzene rings is 1. The topological polar surface area (TPSA) is 9.23 Å². The van der Waals surface area contributed by atoms with Crippen molar-refractivity contribution in [2.75, 3.05) is 6.61 Å². The normalized spacial score (nSPS) is 11.7. The van der Waals surface area contributed by atoms with Crippen molar-refractivity contribution in [3.8, 4) is 0 Å². The van der Waals surface area contributed by atoms with Gasteiger partial charge in [-0.25, -0.2) is 0 Å². The second-order valence-electron chi connectivity index (χ2n) is 2.74. The fourth-order valence-corrected chi connectivity index (χ4v) is 1.36. The quantitative estimate of drug-likeness (QED) is 0.815. The Hall–Kier alpha value is -0.550. The van der Waals surface area contributed by atoms with E-state index in [0.717, 1.165) is 4.47 Å². The van der Waals surface area contributed by atoms with Gasteiger partial charge in [-0.15, -0.1) is 0 Å². The van der Waals surface area contributed by atoms with Crippen molar-refractivity contribution in [2.24, 2.45) is 0 Å². The van der Waals surface area contributed by atoms with Crippen molar-refractivity contribution < 1.29 is 17.9 Å². The highest BCUT2D eigenvalue weighted by atomic mass is 79.9. The van der Waals surface area contributed by atoms with Gasteiger partial charge in [0.25, 0.3) is 0 Å². The van der Waals surface area contributed by atoms with E-state index in [4.69, 9.17) is 0 Å². The number of rotatable bonds is 3. The van der Waals surface area contributed by atoms with Crippen LogP contribution in [0.25, 0.3) is 0 Å². The zero-order valence-electron chi connectivity index (χ0n) is 7.14. The maximum absolute atomic E-state index is 11.7. The monoisotopic (exact) mass is 268 g/mol. The van der Waals surface area contributed by atoms with Crippen LogP contribution in [0.4, 0.5) is 13.2 Å². The van der Waals surface area contributed by atoms with Crippen LogP contribution in [0.5, 0.6) is 0 Å². The molecule has 0 aliphatic heterocycles. The van der Waals surface area contributed by atoms with Crippen LogP contribution in [0.15, 0.2) is 28.7 Å². The summed E-state index contributed by atoms with van der Waals surface area (Å²) >= 11 is 3.22. The van der Waals surface area contributed by atoms with E-state index >= 15 is 0 Å². The molecule has 0 aliphatic carbocycles. The van der Waals surface area contributed by atoms with Crippen LogP contribution in [0, 0.1) is 0 Å². The van der Waals surface area contributed by atoms with Gasteiger partial charge in [0.05, 0.1) is 6.61 Å². The molecule has 0 saturated heterocycles. The van der Waals surface area contributed by atoms with E-state index in [1.54, 1.807) is 24.3 Å². The summed E-state index contributed by atoms with van der Waals surface area (Å²) in [6.45, 7) is -1.24. The van der Waals surface area contributed by atoms with E-state index in [2.05, 4.69) is 20.7 Å². The summed E-state index contributed by atoms with van der Waals surface area (Å²) in [5.41, 5.74) is 0.712. The Morgan fingerprint density at radius 1 is 1.29 bits per heavy atom. The highest BCUT2D eigenvalue weighted by Crippen LogP contribution is 2.17. The van der Waals surface area contributed by atoms with Gasteiger partial charge in [-0.05, 0) is 17.7 Å². The van der Waals surface area contributed by atoms with Crippen molar-refractivity contribution >= 4 is 15.9 Å². The molecule has 0 unspecified atom stereocenters. The summed E-state index contributed by atoms with van der Waals surface area (Å²) in [5.74, 6) is 0. The first-order valence-electron chi connectivity index (χ1n) is 3.86. The Balaban J connectivity index is 2.39. The minimum Gasteiger partial charge on any atom is -0.367 e. The van der Waals surface area contributed by atoms with Gasteiger partial charge >= 0.3 is 6.18 Å². The summed E-state index contributed by atoms with van der Waals surface area (Å²) < 4.78 is 40.4. The summed E-state index contributed by atoms with van der Waals surface area (Å²) in [6, 6.07) is 6.97. The molecule has 0 spiro atoms. The molecule has 0 amide bonds. The van der Waals surface area contributed by atoms with Crippen molar-refractivity contribution in [2.45, 2.75) is 12.8 Å². The van der Waals surface area contributed by atoms with Gasteiger partial charge in [0.1, 0.15) is 6.61 Å². The third kappa shape index (κ3) is 4.62. The number of hydrogen-bond donors (Lipinski definition) is 0.